The van der Waals surface area contributed by atoms with E-state index in [4.69, 9.17) is 11.6 Å². The Morgan fingerprint density at radius 3 is 1.97 bits per heavy atom. The molecule has 0 N–H and O–H groups in total. The number of anilines is 1. The molecule has 154 valence electrons. The van der Waals surface area contributed by atoms with Crippen LogP contribution in [0.3, 0.4) is 0 Å². The number of allylic oxidation sites excluding steroid dienone is 4. The molecular weight excluding hydrogens is 394 g/mol. The number of imide groups is 1. The number of rotatable bonds is 1. The third-order valence-electron chi connectivity index (χ3n) is 9.18. The Labute approximate surface area is 182 Å². The van der Waals surface area contributed by atoms with E-state index in [9.17, 15) is 9.59 Å². The van der Waals surface area contributed by atoms with Gasteiger partial charge in [0.25, 0.3) is 0 Å². The van der Waals surface area contributed by atoms with E-state index in [-0.39, 0.29) is 35.5 Å². The summed E-state index contributed by atoms with van der Waals surface area (Å²) in [6.07, 6.45) is 11.3. The van der Waals surface area contributed by atoms with E-state index in [0.717, 1.165) is 29.2 Å². The van der Waals surface area contributed by atoms with Crippen LogP contribution >= 0.6 is 11.6 Å². The summed E-state index contributed by atoms with van der Waals surface area (Å²) in [7, 11) is 0. The zero-order valence-electron chi connectivity index (χ0n) is 17.2. The molecule has 1 aliphatic heterocycles. The third-order valence-corrected chi connectivity index (χ3v) is 9.41. The van der Waals surface area contributed by atoms with Crippen LogP contribution in [0.25, 0.3) is 0 Å². The van der Waals surface area contributed by atoms with Crippen molar-refractivity contribution in [3.05, 3.63) is 52.1 Å². The fraction of sp³-hybridized carbons (Fsp3) is 0.538. The summed E-state index contributed by atoms with van der Waals surface area (Å²) >= 11 is 6.21. The second-order valence-corrected chi connectivity index (χ2v) is 11.1. The molecule has 6 bridgehead atoms. The first-order valence-electron chi connectivity index (χ1n) is 11.6. The predicted octanol–water partition coefficient (Wildman–Crippen LogP) is 5.32. The Bertz CT molecular complexity index is 1000. The van der Waals surface area contributed by atoms with Crippen LogP contribution in [0.5, 0.6) is 0 Å². The molecule has 4 atom stereocenters. The molecule has 2 amide bonds. The van der Waals surface area contributed by atoms with Gasteiger partial charge in [0.05, 0.1) is 17.5 Å². The van der Waals surface area contributed by atoms with Crippen molar-refractivity contribution >= 4 is 29.1 Å². The van der Waals surface area contributed by atoms with E-state index in [0.29, 0.717) is 10.7 Å². The number of nitrogens with zero attached hydrogens (tertiary/aromatic N) is 1. The number of halogens is 1. The second kappa shape index (κ2) is 5.88. The van der Waals surface area contributed by atoms with Crippen LogP contribution in [-0.2, 0) is 9.59 Å². The standard InChI is InChI=1S/C26H26ClNO2/c1-12-2-3-17(27)11-20(12)28-25(29)23-18-4-5-19(24(23)26(28)30)22(18)21-15-7-13-6-14(9-15)10-16(21)8-13/h2-5,11,13-16,18-19,23-24H,6-10H2,1H3/t13?,14?,15?,16?,18-,19-,23-,24+/m0/s1. The maximum Gasteiger partial charge on any atom is 0.238 e. The average molecular weight is 420 g/mol. The predicted molar refractivity (Wildman–Crippen MR) is 116 cm³/mol. The smallest absolute Gasteiger partial charge is 0.238 e. The topological polar surface area (TPSA) is 37.4 Å². The van der Waals surface area contributed by atoms with E-state index in [2.05, 4.69) is 12.2 Å². The highest BCUT2D eigenvalue weighted by Crippen LogP contribution is 2.64. The molecule has 6 fully saturated rings. The van der Waals surface area contributed by atoms with Crippen molar-refractivity contribution in [3.8, 4) is 0 Å². The van der Waals surface area contributed by atoms with Gasteiger partial charge in [-0.25, -0.2) is 4.90 Å². The molecule has 0 spiro atoms. The molecule has 5 saturated carbocycles. The normalized spacial score (nSPS) is 42.8. The van der Waals surface area contributed by atoms with E-state index in [1.807, 2.05) is 19.1 Å². The molecule has 0 unspecified atom stereocenters. The number of benzene rings is 1. The van der Waals surface area contributed by atoms with Gasteiger partial charge in [-0.3, -0.25) is 9.59 Å². The van der Waals surface area contributed by atoms with E-state index in [1.165, 1.54) is 42.6 Å². The molecule has 8 rings (SSSR count). The number of hydrogen-bond acceptors (Lipinski definition) is 2. The molecule has 1 heterocycles. The third kappa shape index (κ3) is 2.12. The van der Waals surface area contributed by atoms with Gasteiger partial charge in [0, 0.05) is 16.9 Å². The Balaban J connectivity index is 1.30. The summed E-state index contributed by atoms with van der Waals surface area (Å²) in [4.78, 5) is 28.6. The lowest BCUT2D eigenvalue weighted by Crippen LogP contribution is -2.41. The van der Waals surface area contributed by atoms with Gasteiger partial charge in [0.1, 0.15) is 0 Å². The van der Waals surface area contributed by atoms with Crippen molar-refractivity contribution in [1.82, 2.24) is 0 Å². The zero-order chi connectivity index (χ0) is 20.3. The highest BCUT2D eigenvalue weighted by molar-refractivity contribution is 6.31. The van der Waals surface area contributed by atoms with Gasteiger partial charge in [0.15, 0.2) is 0 Å². The quantitative estimate of drug-likeness (QED) is 0.456. The maximum absolute atomic E-state index is 13.6. The Morgan fingerprint density at radius 1 is 0.833 bits per heavy atom. The van der Waals surface area contributed by atoms with Gasteiger partial charge < -0.3 is 0 Å². The maximum atomic E-state index is 13.6. The summed E-state index contributed by atoms with van der Waals surface area (Å²) < 4.78 is 0. The summed E-state index contributed by atoms with van der Waals surface area (Å²) in [5.74, 6) is 3.08. The highest BCUT2D eigenvalue weighted by atomic mass is 35.5. The Morgan fingerprint density at radius 2 is 1.40 bits per heavy atom. The largest absolute Gasteiger partial charge is 0.274 e. The van der Waals surface area contributed by atoms with E-state index < -0.39 is 0 Å². The zero-order valence-corrected chi connectivity index (χ0v) is 17.9. The summed E-state index contributed by atoms with van der Waals surface area (Å²) in [6, 6.07) is 5.47. The molecule has 0 radical (unpaired) electrons. The van der Waals surface area contributed by atoms with Crippen LogP contribution in [0, 0.1) is 54.3 Å². The minimum absolute atomic E-state index is 0.0193. The minimum Gasteiger partial charge on any atom is -0.274 e. The number of fused-ring (bicyclic) bond motifs is 5. The number of hydrogen-bond donors (Lipinski definition) is 0. The number of amides is 2. The molecule has 3 nitrogen and oxygen atoms in total. The van der Waals surface area contributed by atoms with Gasteiger partial charge in [-0.1, -0.05) is 41.0 Å². The molecule has 1 saturated heterocycles. The van der Waals surface area contributed by atoms with Gasteiger partial charge in [-0.2, -0.15) is 0 Å². The lowest BCUT2D eigenvalue weighted by Gasteiger charge is -2.52. The van der Waals surface area contributed by atoms with Gasteiger partial charge in [0.2, 0.25) is 11.8 Å². The summed E-state index contributed by atoms with van der Waals surface area (Å²) in [5.41, 5.74) is 4.75. The van der Waals surface area contributed by atoms with E-state index >= 15 is 0 Å². The number of carbonyl (C=O) groups excluding carboxylic acids is 2. The second-order valence-electron chi connectivity index (χ2n) is 10.6. The van der Waals surface area contributed by atoms with Crippen molar-refractivity contribution in [2.45, 2.75) is 39.0 Å². The Hall–Kier alpha value is -1.87. The first kappa shape index (κ1) is 17.8. The molecule has 7 aliphatic rings. The van der Waals surface area contributed by atoms with Crippen LogP contribution in [-0.4, -0.2) is 11.8 Å². The van der Waals surface area contributed by atoms with Gasteiger partial charge in [-0.05, 0) is 80.4 Å². The van der Waals surface area contributed by atoms with Crippen molar-refractivity contribution in [2.75, 3.05) is 4.90 Å². The lowest BCUT2D eigenvalue weighted by molar-refractivity contribution is -0.123. The first-order chi connectivity index (χ1) is 14.5. The van der Waals surface area contributed by atoms with Crippen LogP contribution in [0.1, 0.15) is 37.7 Å². The van der Waals surface area contributed by atoms with Crippen molar-refractivity contribution < 1.29 is 9.59 Å². The molecule has 6 aliphatic carbocycles. The van der Waals surface area contributed by atoms with Crippen molar-refractivity contribution in [2.24, 2.45) is 47.3 Å². The van der Waals surface area contributed by atoms with Gasteiger partial charge in [-0.15, -0.1) is 0 Å². The molecule has 1 aromatic rings. The molecule has 1 aromatic carbocycles. The van der Waals surface area contributed by atoms with Crippen LogP contribution in [0.15, 0.2) is 41.5 Å². The first-order valence-corrected chi connectivity index (χ1v) is 11.9. The van der Waals surface area contributed by atoms with Crippen molar-refractivity contribution in [1.29, 1.82) is 0 Å². The molecule has 0 aromatic heterocycles. The van der Waals surface area contributed by atoms with Crippen molar-refractivity contribution in [3.63, 3.8) is 0 Å². The van der Waals surface area contributed by atoms with Crippen LogP contribution < -0.4 is 4.90 Å². The fourth-order valence-electron chi connectivity index (χ4n) is 8.37. The highest BCUT2D eigenvalue weighted by Gasteiger charge is 2.63. The molecular formula is C26H26ClNO2. The number of aryl methyl sites for hydroxylation is 1. The van der Waals surface area contributed by atoms with Crippen LogP contribution in [0.4, 0.5) is 5.69 Å². The summed E-state index contributed by atoms with van der Waals surface area (Å²) in [6.45, 7) is 1.94. The molecule has 30 heavy (non-hydrogen) atoms. The lowest BCUT2D eigenvalue weighted by atomic mass is 9.53. The minimum atomic E-state index is -0.217. The molecule has 4 heteroatoms. The summed E-state index contributed by atoms with van der Waals surface area (Å²) in [5, 5.41) is 0.561. The SMILES string of the molecule is Cc1ccc(Cl)cc1N1C(=O)[C@@H]2[C@H](C1=O)[C@H]1C=C[C@H]2C1=C1C2CC3CC(C2)CC1C3. The van der Waals surface area contributed by atoms with Gasteiger partial charge >= 0.3 is 0 Å². The number of carbonyl (C=O) groups is 2. The fourth-order valence-corrected chi connectivity index (χ4v) is 8.54. The van der Waals surface area contributed by atoms with Crippen LogP contribution in [0.2, 0.25) is 5.02 Å². The van der Waals surface area contributed by atoms with E-state index in [1.54, 1.807) is 11.6 Å². The average Bonchev–Trinajstić information content (AvgIpc) is 3.33. The Kier molecular flexibility index (Phi) is 3.48. The monoisotopic (exact) mass is 419 g/mol.